The van der Waals surface area contributed by atoms with Crippen LogP contribution in [-0.2, 0) is 54.4 Å². The Morgan fingerprint density at radius 1 is 0.765 bits per heavy atom. The lowest BCUT2D eigenvalue weighted by atomic mass is 10.1. The highest BCUT2D eigenvalue weighted by atomic mass is 16.3. The molecule has 0 bridgehead atoms. The molecular formula is C49H87N21O11. The number of H-pyrrole nitrogens is 1. The molecule has 2 rings (SSSR count). The second-order valence-electron chi connectivity index (χ2n) is 19.2. The highest BCUT2D eigenvalue weighted by molar-refractivity contribution is 6.40. The summed E-state index contributed by atoms with van der Waals surface area (Å²) < 4.78 is 0. The van der Waals surface area contributed by atoms with E-state index in [-0.39, 0.29) is 94.9 Å². The Morgan fingerprint density at radius 2 is 1.41 bits per heavy atom. The number of imidazole rings is 1. The number of hydrogen-bond acceptors (Lipinski definition) is 19. The van der Waals surface area contributed by atoms with Gasteiger partial charge in [-0.3, -0.25) is 52.9 Å². The fraction of sp³-hybridized carbons (Fsp3) is 0.653. The summed E-state index contributed by atoms with van der Waals surface area (Å²) in [6, 6.07) is -8.93. The summed E-state index contributed by atoms with van der Waals surface area (Å²) in [6.07, 6.45) is 6.40. The Bertz CT molecular complexity index is 2310. The number of carbonyl (C=O) groups excluding carboxylic acids is 10. The topological polar surface area (TPSA) is 566 Å². The summed E-state index contributed by atoms with van der Waals surface area (Å²) in [4.78, 5) is 151. The maximum atomic E-state index is 14.3. The number of unbranched alkanes of at least 4 members (excludes halogenated alkanes) is 3. The number of rotatable bonds is 39. The summed E-state index contributed by atoms with van der Waals surface area (Å²) >= 11 is 0. The number of nitrogens with zero attached hydrogens (tertiary/aromatic N) is 4. The van der Waals surface area contributed by atoms with Gasteiger partial charge in [0.2, 0.25) is 41.4 Å². The summed E-state index contributed by atoms with van der Waals surface area (Å²) in [5.41, 5.74) is 50.4. The van der Waals surface area contributed by atoms with Crippen LogP contribution in [0.25, 0.3) is 0 Å². The molecule has 0 aromatic carbocycles. The van der Waals surface area contributed by atoms with Crippen molar-refractivity contribution in [1.29, 1.82) is 0 Å². The maximum absolute atomic E-state index is 14.3. The Morgan fingerprint density at radius 3 is 2.00 bits per heavy atom. The molecule has 32 nitrogen and oxygen atoms in total. The fourth-order valence-electron chi connectivity index (χ4n) is 8.14. The number of carbonyl (C=O) groups is 10. The lowest BCUT2D eigenvalue weighted by Gasteiger charge is -2.28. The number of guanidine groups is 1. The molecule has 81 heavy (non-hydrogen) atoms. The predicted octanol–water partition coefficient (Wildman–Crippen LogP) is -7.61. The van der Waals surface area contributed by atoms with Crippen LogP contribution in [0, 0.1) is 0 Å². The number of amides is 10. The summed E-state index contributed by atoms with van der Waals surface area (Å²) in [5.74, 6) is -8.68. The van der Waals surface area contributed by atoms with Gasteiger partial charge in [0.05, 0.1) is 25.0 Å². The van der Waals surface area contributed by atoms with Gasteiger partial charge in [-0.15, -0.1) is 0 Å². The van der Waals surface area contributed by atoms with E-state index in [0.717, 1.165) is 0 Å². The van der Waals surface area contributed by atoms with Crippen LogP contribution in [0.4, 0.5) is 0 Å². The van der Waals surface area contributed by atoms with Gasteiger partial charge in [-0.2, -0.15) is 0 Å². The molecule has 0 saturated carbocycles. The summed E-state index contributed by atoms with van der Waals surface area (Å²) in [7, 11) is 0. The maximum Gasteiger partial charge on any atom is 0.269 e. The zero-order valence-electron chi connectivity index (χ0n) is 46.1. The van der Waals surface area contributed by atoms with Gasteiger partial charge >= 0.3 is 0 Å². The molecule has 0 radical (unpaired) electrons. The number of likely N-dealkylation sites (tertiary alicyclic amines) is 1. The summed E-state index contributed by atoms with van der Waals surface area (Å²) in [6.45, 7) is 1.25. The first-order valence-corrected chi connectivity index (χ1v) is 27.1. The van der Waals surface area contributed by atoms with Crippen molar-refractivity contribution >= 4 is 70.7 Å². The summed E-state index contributed by atoms with van der Waals surface area (Å²) in [5, 5.41) is 28.0. The van der Waals surface area contributed by atoms with Crippen LogP contribution in [0.15, 0.2) is 34.3 Å². The van der Waals surface area contributed by atoms with Gasteiger partial charge in [-0.1, -0.05) is 12.5 Å². The van der Waals surface area contributed by atoms with E-state index < -0.39 is 121 Å². The number of aliphatic hydroxyl groups excluding tert-OH is 1. The minimum absolute atomic E-state index is 0.0213. The van der Waals surface area contributed by atoms with Crippen molar-refractivity contribution in [3.05, 3.63) is 30.0 Å². The lowest BCUT2D eigenvalue weighted by Crippen LogP contribution is -2.60. The number of aliphatic hydroxyl groups is 1. The molecule has 1 fully saturated rings. The van der Waals surface area contributed by atoms with Crippen LogP contribution in [0.3, 0.4) is 0 Å². The SMILES string of the molecule is C[C@H](NC(=O)[C@@H](NC(=O)[C@@H](N)CCCCN)[C@@H](O)CN)C(=O)NCC(=O)N=C(CCCN)C(=O)N1CCC[C@H]1C(=O)N[C@@H](Cc1cnc[nH]1)C(=O)N[C@@H](CCCCN)C(=O)N/C(=C\CCN=C(N)N)C(=O)N[C@@H](CCCCN)C(N)=O. The molecule has 1 aliphatic heterocycles. The number of nitrogens with two attached hydrogens (primary N) is 9. The first-order chi connectivity index (χ1) is 38.6. The molecule has 8 atom stereocenters. The van der Waals surface area contributed by atoms with E-state index in [4.69, 9.17) is 51.6 Å². The van der Waals surface area contributed by atoms with Crippen molar-refractivity contribution in [2.75, 3.05) is 52.4 Å². The van der Waals surface area contributed by atoms with Gasteiger partial charge in [0.15, 0.2) is 5.96 Å². The Kier molecular flexibility index (Phi) is 32.8. The Labute approximate surface area is 470 Å². The number of primary amides is 1. The molecule has 1 aromatic heterocycles. The average molecular weight is 1150 g/mol. The van der Waals surface area contributed by atoms with E-state index in [9.17, 15) is 53.1 Å². The van der Waals surface area contributed by atoms with E-state index in [1.54, 1.807) is 0 Å². The molecule has 32 heteroatoms. The van der Waals surface area contributed by atoms with Gasteiger partial charge in [0, 0.05) is 37.9 Å². The zero-order valence-corrected chi connectivity index (χ0v) is 46.1. The van der Waals surface area contributed by atoms with E-state index >= 15 is 0 Å². The van der Waals surface area contributed by atoms with Gasteiger partial charge in [-0.05, 0) is 117 Å². The fourth-order valence-corrected chi connectivity index (χ4v) is 8.14. The second-order valence-corrected chi connectivity index (χ2v) is 19.2. The van der Waals surface area contributed by atoms with Crippen molar-refractivity contribution < 1.29 is 53.1 Å². The van der Waals surface area contributed by atoms with Crippen molar-refractivity contribution in [3.63, 3.8) is 0 Å². The van der Waals surface area contributed by atoms with Gasteiger partial charge in [-0.25, -0.2) is 9.98 Å². The van der Waals surface area contributed by atoms with Crippen molar-refractivity contribution in [1.82, 2.24) is 52.1 Å². The van der Waals surface area contributed by atoms with Crippen LogP contribution >= 0.6 is 0 Å². The first-order valence-electron chi connectivity index (χ1n) is 27.1. The molecule has 1 saturated heterocycles. The third-order valence-corrected chi connectivity index (χ3v) is 12.7. The minimum Gasteiger partial charge on any atom is -0.389 e. The van der Waals surface area contributed by atoms with Crippen molar-refractivity contribution in [3.8, 4) is 0 Å². The van der Waals surface area contributed by atoms with Gasteiger partial charge < -0.3 is 104 Å². The number of nitrogens with one attached hydrogen (secondary N) is 8. The molecule has 454 valence electrons. The predicted molar refractivity (Wildman–Crippen MR) is 299 cm³/mol. The van der Waals surface area contributed by atoms with Crippen LogP contribution < -0.4 is 88.8 Å². The number of aliphatic imine (C=N–C) groups is 2. The third kappa shape index (κ3) is 25.7. The average Bonchev–Trinajstić information content (AvgIpc) is 4.18. The quantitative estimate of drug-likeness (QED) is 0.0126. The molecule has 1 aliphatic rings. The molecule has 0 spiro atoms. The number of aromatic nitrogens is 2. The normalized spacial score (nSPS) is 16.0. The third-order valence-electron chi connectivity index (χ3n) is 12.7. The molecule has 0 aliphatic carbocycles. The second kappa shape index (κ2) is 38.2. The molecular weight excluding hydrogens is 1060 g/mol. The lowest BCUT2D eigenvalue weighted by molar-refractivity contribution is -0.136. The van der Waals surface area contributed by atoms with E-state index in [1.807, 2.05) is 0 Å². The molecule has 10 amide bonds. The largest absolute Gasteiger partial charge is 0.389 e. The van der Waals surface area contributed by atoms with Gasteiger partial charge in [0.25, 0.3) is 17.7 Å². The monoisotopic (exact) mass is 1150 g/mol. The highest BCUT2D eigenvalue weighted by Crippen LogP contribution is 2.20. The Balaban J connectivity index is 2.34. The zero-order chi connectivity index (χ0) is 60.4. The van der Waals surface area contributed by atoms with Crippen LogP contribution in [0.5, 0.6) is 0 Å². The van der Waals surface area contributed by atoms with Crippen LogP contribution in [-0.4, -0.2) is 191 Å². The number of hydrogen-bond donors (Lipinski definition) is 18. The van der Waals surface area contributed by atoms with E-state index in [2.05, 4.69) is 57.2 Å². The molecule has 2 heterocycles. The van der Waals surface area contributed by atoms with E-state index in [0.29, 0.717) is 63.7 Å². The van der Waals surface area contributed by atoms with Crippen LogP contribution in [0.1, 0.15) is 103 Å². The first kappa shape index (κ1) is 69.6. The van der Waals surface area contributed by atoms with Crippen molar-refractivity contribution in [2.45, 2.75) is 152 Å². The standard InChI is InChI=1S/C49H87N21O11/c1-28(63-47(80)39(37(71)24-54)69-42(75)30(55)11-2-5-17-50)41(74)61-26-38(72)64-34(14-8-20-53)48(81)70-22-10-16-36(70)46(79)68-35(23-29-25-59-27-62-29)45(78)67-32(13-4-7-19-52)44(77)66-33(15-9-21-60-49(57)58)43(76)65-31(40(56)73)12-3-6-18-51/h15,25,27-28,30-32,35-37,39,71H,2-14,16-24,26,50-55H2,1H3,(H2,56,73)(H,59,62)(H,61,74)(H,63,80)(H,65,76)(H,66,77)(H,67,78)(H,68,79)(H,69,75)(H4,57,58,60)/b33-15-,64-34?/t28-,30-,31-,32-,35-,36-,37-,39-/m0/s1. The van der Waals surface area contributed by atoms with Gasteiger partial charge in [0.1, 0.15) is 47.7 Å². The molecule has 0 unspecified atom stereocenters. The minimum atomic E-state index is -1.58. The number of aromatic amines is 1. The Hall–Kier alpha value is -7.49. The molecule has 27 N–H and O–H groups in total. The smallest absolute Gasteiger partial charge is 0.269 e. The van der Waals surface area contributed by atoms with Crippen LogP contribution in [0.2, 0.25) is 0 Å². The van der Waals surface area contributed by atoms with Crippen molar-refractivity contribution in [2.24, 2.45) is 61.6 Å². The van der Waals surface area contributed by atoms with E-state index in [1.165, 1.54) is 30.4 Å². The molecule has 1 aromatic rings. The highest BCUT2D eigenvalue weighted by Gasteiger charge is 2.39.